The van der Waals surface area contributed by atoms with E-state index in [0.717, 1.165) is 41.2 Å². The number of nitrogens with one attached hydrogen (secondary N) is 1. The van der Waals surface area contributed by atoms with Crippen LogP contribution in [0.1, 0.15) is 24.3 Å². The number of oxazole rings is 1. The number of hydrogen-bond acceptors (Lipinski definition) is 4. The lowest BCUT2D eigenvalue weighted by Crippen LogP contribution is -2.29. The molecule has 1 N–H and O–H groups in total. The number of H-pyrrole nitrogens is 1. The van der Waals surface area contributed by atoms with Crippen LogP contribution in [0.3, 0.4) is 0 Å². The zero-order valence-corrected chi connectivity index (χ0v) is 16.6. The van der Waals surface area contributed by atoms with E-state index in [0.29, 0.717) is 5.92 Å². The molecule has 0 unspecified atom stereocenters. The summed E-state index contributed by atoms with van der Waals surface area (Å²) in [4.78, 5) is 10.9. The zero-order valence-electron chi connectivity index (χ0n) is 15.7. The summed E-state index contributed by atoms with van der Waals surface area (Å²) in [6, 6.07) is 12.6. The van der Waals surface area contributed by atoms with Crippen molar-refractivity contribution in [3.63, 3.8) is 0 Å². The maximum absolute atomic E-state index is 6.23. The smallest absolute Gasteiger partial charge is 0.228 e. The molecule has 1 saturated heterocycles. The van der Waals surface area contributed by atoms with Crippen molar-refractivity contribution in [1.82, 2.24) is 14.9 Å². The number of aromatic amines is 1. The molecular weight excluding hydrogens is 366 g/mol. The minimum Gasteiger partial charge on any atom is -0.436 e. The van der Waals surface area contributed by atoms with Crippen molar-refractivity contribution in [3.8, 4) is 11.5 Å². The van der Waals surface area contributed by atoms with Crippen LogP contribution in [0.4, 0.5) is 0 Å². The second-order valence-corrected chi connectivity index (χ2v) is 8.73. The predicted octanol–water partition coefficient (Wildman–Crippen LogP) is 6.00. The van der Waals surface area contributed by atoms with E-state index in [2.05, 4.69) is 58.8 Å². The molecule has 0 radical (unpaired) electrons. The molecule has 0 spiro atoms. The van der Waals surface area contributed by atoms with E-state index < -0.39 is 0 Å². The Morgan fingerprint density at radius 3 is 2.89 bits per heavy atom. The number of hydrogen-bond donors (Lipinski definition) is 1. The van der Waals surface area contributed by atoms with Gasteiger partial charge in [0.05, 0.1) is 5.56 Å². The van der Waals surface area contributed by atoms with Gasteiger partial charge in [0.1, 0.15) is 5.52 Å². The van der Waals surface area contributed by atoms with Gasteiger partial charge in [-0.3, -0.25) is 0 Å². The molecule has 0 atom stereocenters. The van der Waals surface area contributed by atoms with E-state index in [-0.39, 0.29) is 0 Å². The van der Waals surface area contributed by atoms with Gasteiger partial charge in [-0.15, -0.1) is 11.3 Å². The van der Waals surface area contributed by atoms with Crippen LogP contribution < -0.4 is 0 Å². The summed E-state index contributed by atoms with van der Waals surface area (Å²) in [6.07, 6.45) is 4.58. The third kappa shape index (κ3) is 2.43. The van der Waals surface area contributed by atoms with Crippen LogP contribution in [0.15, 0.2) is 52.4 Å². The number of fused-ring (bicyclic) bond motifs is 4. The molecule has 140 valence electrons. The molecule has 0 aliphatic carbocycles. The SMILES string of the molecule is CN1CCC(c2c[nH]c3ccc4oc(-c5csc6ccccc56)nc4c23)CC1. The number of piperidine rings is 1. The average molecular weight is 388 g/mol. The molecule has 3 aromatic heterocycles. The summed E-state index contributed by atoms with van der Waals surface area (Å²) in [6.45, 7) is 2.30. The van der Waals surface area contributed by atoms with Crippen LogP contribution in [-0.4, -0.2) is 35.0 Å². The third-order valence-electron chi connectivity index (χ3n) is 6.10. The Balaban J connectivity index is 1.53. The highest BCUT2D eigenvalue weighted by atomic mass is 32.1. The number of nitrogens with zero attached hydrogens (tertiary/aromatic N) is 2. The van der Waals surface area contributed by atoms with Crippen LogP contribution >= 0.6 is 11.3 Å². The first-order valence-electron chi connectivity index (χ1n) is 9.83. The summed E-state index contributed by atoms with van der Waals surface area (Å²) in [7, 11) is 2.21. The van der Waals surface area contributed by atoms with Gasteiger partial charge in [-0.1, -0.05) is 18.2 Å². The number of benzene rings is 2. The molecule has 1 aliphatic heterocycles. The van der Waals surface area contributed by atoms with Gasteiger partial charge in [0.25, 0.3) is 0 Å². The zero-order chi connectivity index (χ0) is 18.7. The number of aromatic nitrogens is 2. The Bertz CT molecular complexity index is 1300. The van der Waals surface area contributed by atoms with Crippen molar-refractivity contribution in [3.05, 3.63) is 53.5 Å². The Labute approximate surface area is 166 Å². The lowest BCUT2D eigenvalue weighted by molar-refractivity contribution is 0.256. The molecule has 0 amide bonds. The molecule has 0 bridgehead atoms. The summed E-state index contributed by atoms with van der Waals surface area (Å²) in [5.74, 6) is 1.30. The molecule has 28 heavy (non-hydrogen) atoms. The molecule has 6 rings (SSSR count). The van der Waals surface area contributed by atoms with Crippen LogP contribution in [0.5, 0.6) is 0 Å². The van der Waals surface area contributed by atoms with Crippen molar-refractivity contribution in [1.29, 1.82) is 0 Å². The molecule has 0 saturated carbocycles. The summed E-state index contributed by atoms with van der Waals surface area (Å²) in [5.41, 5.74) is 5.48. The maximum Gasteiger partial charge on any atom is 0.228 e. The van der Waals surface area contributed by atoms with Gasteiger partial charge >= 0.3 is 0 Å². The Morgan fingerprint density at radius 2 is 2.00 bits per heavy atom. The molecule has 4 heterocycles. The van der Waals surface area contributed by atoms with Gasteiger partial charge < -0.3 is 14.3 Å². The van der Waals surface area contributed by atoms with Crippen LogP contribution in [0.2, 0.25) is 0 Å². The Kier molecular flexibility index (Phi) is 3.61. The molecule has 5 aromatic rings. The van der Waals surface area contributed by atoms with E-state index in [1.165, 1.54) is 33.9 Å². The quantitative estimate of drug-likeness (QED) is 0.404. The number of thiophene rings is 1. The summed E-state index contributed by atoms with van der Waals surface area (Å²) >= 11 is 1.74. The van der Waals surface area contributed by atoms with E-state index in [1.54, 1.807) is 11.3 Å². The van der Waals surface area contributed by atoms with Crippen molar-refractivity contribution >= 4 is 43.4 Å². The lowest BCUT2D eigenvalue weighted by atomic mass is 9.89. The Morgan fingerprint density at radius 1 is 1.14 bits per heavy atom. The fourth-order valence-corrected chi connectivity index (χ4v) is 5.47. The van der Waals surface area contributed by atoms with Gasteiger partial charge in [0.15, 0.2) is 5.58 Å². The molecule has 1 aliphatic rings. The van der Waals surface area contributed by atoms with Crippen molar-refractivity contribution in [2.45, 2.75) is 18.8 Å². The first-order valence-corrected chi connectivity index (χ1v) is 10.7. The van der Waals surface area contributed by atoms with Crippen LogP contribution in [-0.2, 0) is 0 Å². The molecular formula is C23H21N3OS. The summed E-state index contributed by atoms with van der Waals surface area (Å²) in [5, 5.41) is 4.60. The van der Waals surface area contributed by atoms with E-state index in [9.17, 15) is 0 Å². The summed E-state index contributed by atoms with van der Waals surface area (Å²) < 4.78 is 7.49. The highest BCUT2D eigenvalue weighted by Crippen LogP contribution is 2.39. The van der Waals surface area contributed by atoms with Crippen molar-refractivity contribution in [2.75, 3.05) is 20.1 Å². The van der Waals surface area contributed by atoms with Crippen LogP contribution in [0.25, 0.3) is 43.5 Å². The van der Waals surface area contributed by atoms with Gasteiger partial charge in [0.2, 0.25) is 5.89 Å². The second-order valence-electron chi connectivity index (χ2n) is 7.82. The molecule has 4 nitrogen and oxygen atoms in total. The molecule has 2 aromatic carbocycles. The van der Waals surface area contributed by atoms with Gasteiger partial charge in [0, 0.05) is 32.6 Å². The number of likely N-dealkylation sites (tertiary alicyclic amines) is 1. The first kappa shape index (κ1) is 16.3. The normalized spacial score (nSPS) is 16.6. The minimum atomic E-state index is 0.581. The predicted molar refractivity (Wildman–Crippen MR) is 116 cm³/mol. The van der Waals surface area contributed by atoms with Crippen LogP contribution in [0, 0.1) is 0 Å². The van der Waals surface area contributed by atoms with Gasteiger partial charge in [-0.2, -0.15) is 0 Å². The highest BCUT2D eigenvalue weighted by molar-refractivity contribution is 7.17. The highest BCUT2D eigenvalue weighted by Gasteiger charge is 2.24. The van der Waals surface area contributed by atoms with Crippen molar-refractivity contribution in [2.24, 2.45) is 0 Å². The largest absolute Gasteiger partial charge is 0.436 e. The Hall–Kier alpha value is -2.63. The lowest BCUT2D eigenvalue weighted by Gasteiger charge is -2.28. The van der Waals surface area contributed by atoms with Gasteiger partial charge in [-0.25, -0.2) is 4.98 Å². The van der Waals surface area contributed by atoms with E-state index in [1.807, 2.05) is 6.07 Å². The fraction of sp³-hybridized carbons (Fsp3) is 0.261. The third-order valence-corrected chi connectivity index (χ3v) is 7.07. The fourth-order valence-electron chi connectivity index (χ4n) is 4.53. The van der Waals surface area contributed by atoms with E-state index >= 15 is 0 Å². The second kappa shape index (κ2) is 6.19. The standard InChI is InChI=1S/C23H21N3OS/c1-26-10-8-14(9-11-26)16-12-24-18-6-7-19-22(21(16)18)25-23(27-19)17-13-28-20-5-3-2-4-15(17)20/h2-7,12-14,24H,8-11H2,1H3. The average Bonchev–Trinajstić information content (AvgIpc) is 3.43. The molecule has 5 heteroatoms. The molecule has 1 fully saturated rings. The van der Waals surface area contributed by atoms with Crippen molar-refractivity contribution < 1.29 is 4.42 Å². The topological polar surface area (TPSA) is 45.1 Å². The van der Waals surface area contributed by atoms with Gasteiger partial charge in [-0.05, 0) is 62.7 Å². The first-order chi connectivity index (χ1) is 13.8. The van der Waals surface area contributed by atoms with E-state index in [4.69, 9.17) is 9.40 Å². The minimum absolute atomic E-state index is 0.581. The number of rotatable bonds is 2. The maximum atomic E-state index is 6.23. The monoisotopic (exact) mass is 387 g/mol.